The van der Waals surface area contributed by atoms with Gasteiger partial charge in [-0.15, -0.1) is 0 Å². The highest BCUT2D eigenvalue weighted by Crippen LogP contribution is 2.46. The van der Waals surface area contributed by atoms with Gasteiger partial charge in [-0.2, -0.15) is 5.10 Å². The molecule has 178 valence electrons. The van der Waals surface area contributed by atoms with Crippen LogP contribution in [0.3, 0.4) is 0 Å². The lowest BCUT2D eigenvalue weighted by Gasteiger charge is -2.40. The SMILES string of the molecule is C[C@]1(O)C[C@H](n2ncc3cc(OCCN4CCC5(CC4)C(=O)Nc4ccc(Cl)cc45)cnc32)C1. The van der Waals surface area contributed by atoms with Crippen LogP contribution in [0.2, 0.25) is 5.02 Å². The Morgan fingerprint density at radius 1 is 1.24 bits per heavy atom. The number of anilines is 1. The molecular formula is C25H28ClN5O3. The first kappa shape index (κ1) is 21.8. The molecule has 1 saturated carbocycles. The molecule has 2 fully saturated rings. The minimum atomic E-state index is -0.599. The predicted molar refractivity (Wildman–Crippen MR) is 129 cm³/mol. The zero-order valence-electron chi connectivity index (χ0n) is 19.1. The van der Waals surface area contributed by atoms with Gasteiger partial charge in [0.05, 0.1) is 29.5 Å². The number of amides is 1. The molecule has 2 N–H and O–H groups in total. The topological polar surface area (TPSA) is 92.5 Å². The Morgan fingerprint density at radius 3 is 2.79 bits per heavy atom. The van der Waals surface area contributed by atoms with Gasteiger partial charge in [-0.3, -0.25) is 9.69 Å². The van der Waals surface area contributed by atoms with Crippen LogP contribution >= 0.6 is 11.6 Å². The summed E-state index contributed by atoms with van der Waals surface area (Å²) in [5.41, 5.74) is 1.68. The van der Waals surface area contributed by atoms with Crippen LogP contribution in [0, 0.1) is 0 Å². The number of nitrogens with zero attached hydrogens (tertiary/aromatic N) is 4. The molecule has 8 nitrogen and oxygen atoms in total. The number of benzene rings is 1. The third kappa shape index (κ3) is 3.65. The van der Waals surface area contributed by atoms with E-state index in [2.05, 4.69) is 20.3 Å². The largest absolute Gasteiger partial charge is 0.491 e. The molecule has 2 aromatic heterocycles. The van der Waals surface area contributed by atoms with E-state index >= 15 is 0 Å². The summed E-state index contributed by atoms with van der Waals surface area (Å²) >= 11 is 6.22. The Labute approximate surface area is 202 Å². The molecule has 0 unspecified atom stereocenters. The van der Waals surface area contributed by atoms with E-state index in [0.29, 0.717) is 24.5 Å². The van der Waals surface area contributed by atoms with E-state index in [1.54, 1.807) is 6.20 Å². The molecule has 3 aliphatic rings. The molecule has 0 atom stereocenters. The van der Waals surface area contributed by atoms with E-state index in [4.69, 9.17) is 16.3 Å². The normalized spacial score (nSPS) is 25.9. The first-order valence-corrected chi connectivity index (χ1v) is 12.2. The van der Waals surface area contributed by atoms with Crippen LogP contribution in [-0.2, 0) is 10.2 Å². The molecule has 34 heavy (non-hydrogen) atoms. The van der Waals surface area contributed by atoms with E-state index in [0.717, 1.165) is 60.5 Å². The summed E-state index contributed by atoms with van der Waals surface area (Å²) in [7, 11) is 0. The average Bonchev–Trinajstić information content (AvgIpc) is 3.32. The van der Waals surface area contributed by atoms with Crippen LogP contribution in [0.15, 0.2) is 36.7 Å². The number of nitrogens with one attached hydrogen (secondary N) is 1. The standard InChI is InChI=1S/C25H28ClN5O3/c1-24(33)12-18(13-24)31-22-16(14-28-31)10-19(15-27-22)34-9-8-30-6-4-25(5-7-30)20-11-17(26)2-3-21(20)29-23(25)32/h2-3,10-11,14-15,18,33H,4-9,12-13H2,1H3,(H,29,32)/t18-,24-. The molecule has 6 rings (SSSR count). The van der Waals surface area contributed by atoms with Gasteiger partial charge in [0.2, 0.25) is 5.91 Å². The second-order valence-electron chi connectivity index (χ2n) is 10.1. The van der Waals surface area contributed by atoms with Crippen molar-refractivity contribution in [2.24, 2.45) is 0 Å². The smallest absolute Gasteiger partial charge is 0.235 e. The van der Waals surface area contributed by atoms with Gasteiger partial charge in [-0.1, -0.05) is 11.6 Å². The summed E-state index contributed by atoms with van der Waals surface area (Å²) in [6, 6.07) is 7.82. The van der Waals surface area contributed by atoms with Gasteiger partial charge in [-0.05, 0) is 75.5 Å². The van der Waals surface area contributed by atoms with Gasteiger partial charge in [-0.25, -0.2) is 9.67 Å². The van der Waals surface area contributed by atoms with Crippen molar-refractivity contribution < 1.29 is 14.6 Å². The number of carbonyl (C=O) groups excluding carboxylic acids is 1. The Balaban J connectivity index is 1.04. The number of pyridine rings is 1. The summed E-state index contributed by atoms with van der Waals surface area (Å²) < 4.78 is 7.90. The predicted octanol–water partition coefficient (Wildman–Crippen LogP) is 3.54. The summed E-state index contributed by atoms with van der Waals surface area (Å²) in [5, 5.41) is 19.1. The second-order valence-corrected chi connectivity index (χ2v) is 10.6. The highest BCUT2D eigenvalue weighted by atomic mass is 35.5. The Kier molecular flexibility index (Phi) is 5.09. The lowest BCUT2D eigenvalue weighted by Crippen LogP contribution is -2.47. The van der Waals surface area contributed by atoms with Crippen molar-refractivity contribution in [3.8, 4) is 5.75 Å². The fourth-order valence-electron chi connectivity index (χ4n) is 5.73. The summed E-state index contributed by atoms with van der Waals surface area (Å²) in [5.74, 6) is 0.811. The van der Waals surface area contributed by atoms with Gasteiger partial charge in [0.1, 0.15) is 12.4 Å². The van der Waals surface area contributed by atoms with Crippen LogP contribution in [0.5, 0.6) is 5.75 Å². The van der Waals surface area contributed by atoms with Gasteiger partial charge in [0, 0.05) is 22.6 Å². The zero-order chi connectivity index (χ0) is 23.5. The minimum Gasteiger partial charge on any atom is -0.491 e. The number of halogens is 1. The highest BCUT2D eigenvalue weighted by Gasteiger charge is 2.48. The molecule has 4 heterocycles. The Hall–Kier alpha value is -2.68. The molecule has 1 amide bonds. The summed E-state index contributed by atoms with van der Waals surface area (Å²) in [6.07, 6.45) is 6.48. The van der Waals surface area contributed by atoms with Gasteiger partial charge in [0.25, 0.3) is 0 Å². The van der Waals surface area contributed by atoms with E-state index in [-0.39, 0.29) is 11.9 Å². The fraction of sp³-hybridized carbons (Fsp3) is 0.480. The first-order chi connectivity index (χ1) is 16.3. The lowest BCUT2D eigenvalue weighted by atomic mass is 9.73. The van der Waals surface area contributed by atoms with Gasteiger partial charge >= 0.3 is 0 Å². The zero-order valence-corrected chi connectivity index (χ0v) is 19.9. The van der Waals surface area contributed by atoms with E-state index in [1.807, 2.05) is 42.1 Å². The molecule has 1 aliphatic carbocycles. The number of hydrogen-bond acceptors (Lipinski definition) is 6. The van der Waals surface area contributed by atoms with E-state index < -0.39 is 11.0 Å². The van der Waals surface area contributed by atoms with E-state index in [1.165, 1.54) is 0 Å². The second kappa shape index (κ2) is 7.93. The van der Waals surface area contributed by atoms with Crippen molar-refractivity contribution in [2.45, 2.75) is 49.7 Å². The number of ether oxygens (including phenoxy) is 1. The Bertz CT molecular complexity index is 1260. The molecule has 0 bridgehead atoms. The summed E-state index contributed by atoms with van der Waals surface area (Å²) in [6.45, 7) is 4.85. The molecule has 3 aromatic rings. The van der Waals surface area contributed by atoms with Crippen LogP contribution in [0.4, 0.5) is 5.69 Å². The highest BCUT2D eigenvalue weighted by molar-refractivity contribution is 6.31. The monoisotopic (exact) mass is 481 g/mol. The van der Waals surface area contributed by atoms with Crippen LogP contribution in [0.25, 0.3) is 11.0 Å². The number of hydrogen-bond donors (Lipinski definition) is 2. The first-order valence-electron chi connectivity index (χ1n) is 11.9. The van der Waals surface area contributed by atoms with Gasteiger partial charge in [0.15, 0.2) is 5.65 Å². The Morgan fingerprint density at radius 2 is 2.03 bits per heavy atom. The number of likely N-dealkylation sites (tertiary alicyclic amines) is 1. The summed E-state index contributed by atoms with van der Waals surface area (Å²) in [4.78, 5) is 19.7. The van der Waals surface area contributed by atoms with Crippen LogP contribution < -0.4 is 10.1 Å². The number of fused-ring (bicyclic) bond motifs is 3. The minimum absolute atomic E-state index is 0.0890. The molecular weight excluding hydrogens is 454 g/mol. The van der Waals surface area contributed by atoms with Crippen molar-refractivity contribution in [1.29, 1.82) is 0 Å². The maximum Gasteiger partial charge on any atom is 0.235 e. The van der Waals surface area contributed by atoms with Gasteiger partial charge < -0.3 is 15.2 Å². The van der Waals surface area contributed by atoms with Crippen LogP contribution in [-0.4, -0.2) is 62.5 Å². The van der Waals surface area contributed by atoms with E-state index in [9.17, 15) is 9.90 Å². The molecule has 9 heteroatoms. The number of aliphatic hydroxyl groups is 1. The molecule has 0 radical (unpaired) electrons. The molecule has 1 spiro atoms. The maximum atomic E-state index is 12.8. The van der Waals surface area contributed by atoms with Crippen molar-refractivity contribution in [3.05, 3.63) is 47.2 Å². The number of rotatable bonds is 5. The fourth-order valence-corrected chi connectivity index (χ4v) is 5.90. The van der Waals surface area contributed by atoms with Crippen LogP contribution in [0.1, 0.15) is 44.2 Å². The van der Waals surface area contributed by atoms with Crippen molar-refractivity contribution in [1.82, 2.24) is 19.7 Å². The number of carbonyl (C=O) groups is 1. The molecule has 1 aromatic carbocycles. The van der Waals surface area contributed by atoms with Crippen molar-refractivity contribution in [3.63, 3.8) is 0 Å². The number of aromatic nitrogens is 3. The quantitative estimate of drug-likeness (QED) is 0.579. The molecule has 2 aliphatic heterocycles. The maximum absolute atomic E-state index is 12.8. The third-order valence-corrected chi connectivity index (χ3v) is 7.91. The number of piperidine rings is 1. The third-order valence-electron chi connectivity index (χ3n) is 7.67. The van der Waals surface area contributed by atoms with Crippen molar-refractivity contribution in [2.75, 3.05) is 31.6 Å². The average molecular weight is 482 g/mol. The lowest BCUT2D eigenvalue weighted by molar-refractivity contribution is -0.122. The molecule has 1 saturated heterocycles. The van der Waals surface area contributed by atoms with Crippen molar-refractivity contribution >= 4 is 34.2 Å².